The van der Waals surface area contributed by atoms with E-state index in [0.29, 0.717) is 17.3 Å². The number of nitrogens with one attached hydrogen (secondary N) is 1. The summed E-state index contributed by atoms with van der Waals surface area (Å²) in [6, 6.07) is 3.85. The van der Waals surface area contributed by atoms with Crippen molar-refractivity contribution in [2.24, 2.45) is 11.7 Å². The van der Waals surface area contributed by atoms with Crippen LogP contribution in [0.4, 0.5) is 0 Å². The van der Waals surface area contributed by atoms with Crippen LogP contribution in [0.5, 0.6) is 0 Å². The first-order valence-corrected chi connectivity index (χ1v) is 7.81. The van der Waals surface area contributed by atoms with Crippen LogP contribution in [0, 0.1) is 17.8 Å². The molecule has 1 amide bonds. The Morgan fingerprint density at radius 3 is 3.05 bits per heavy atom. The summed E-state index contributed by atoms with van der Waals surface area (Å²) in [7, 11) is 0. The summed E-state index contributed by atoms with van der Waals surface area (Å²) >= 11 is 1.41. The van der Waals surface area contributed by atoms with Crippen molar-refractivity contribution in [1.82, 2.24) is 5.32 Å². The van der Waals surface area contributed by atoms with Crippen LogP contribution in [0.1, 0.15) is 33.8 Å². The van der Waals surface area contributed by atoms with Crippen molar-refractivity contribution in [2.45, 2.75) is 31.4 Å². The van der Waals surface area contributed by atoms with Gasteiger partial charge in [-0.2, -0.15) is 0 Å². The van der Waals surface area contributed by atoms with Crippen LogP contribution in [0.2, 0.25) is 0 Å². The number of thiophene rings is 1. The number of ether oxygens (including phenoxy) is 1. The second-order valence-corrected chi connectivity index (χ2v) is 6.30. The second kappa shape index (κ2) is 5.96. The van der Waals surface area contributed by atoms with Crippen molar-refractivity contribution < 1.29 is 9.53 Å². The van der Waals surface area contributed by atoms with Crippen molar-refractivity contribution in [3.05, 3.63) is 21.9 Å². The molecule has 1 aromatic rings. The Balaban J connectivity index is 1.62. The molecule has 2 fully saturated rings. The normalized spacial score (nSPS) is 25.1. The fourth-order valence-corrected chi connectivity index (χ4v) is 3.34. The van der Waals surface area contributed by atoms with Crippen molar-refractivity contribution in [3.63, 3.8) is 0 Å². The summed E-state index contributed by atoms with van der Waals surface area (Å²) in [6.07, 6.45) is 3.59. The number of carbonyl (C=O) groups excluding carboxylic acids is 1. The van der Waals surface area contributed by atoms with Gasteiger partial charge in [0.2, 0.25) is 0 Å². The Bertz CT molecular complexity index is 554. The molecule has 5 heteroatoms. The lowest BCUT2D eigenvalue weighted by molar-refractivity contribution is 0.0731. The molecule has 0 spiro atoms. The minimum Gasteiger partial charge on any atom is -0.376 e. The average molecular weight is 290 g/mol. The van der Waals surface area contributed by atoms with Crippen molar-refractivity contribution in [1.29, 1.82) is 0 Å². The van der Waals surface area contributed by atoms with Gasteiger partial charge in [-0.25, -0.2) is 0 Å². The molecule has 0 bridgehead atoms. The van der Waals surface area contributed by atoms with Crippen molar-refractivity contribution >= 4 is 17.2 Å². The van der Waals surface area contributed by atoms with Crippen molar-refractivity contribution in [3.8, 4) is 11.8 Å². The van der Waals surface area contributed by atoms with Crippen LogP contribution in [0.15, 0.2) is 12.1 Å². The van der Waals surface area contributed by atoms with Gasteiger partial charge in [0.1, 0.15) is 0 Å². The zero-order chi connectivity index (χ0) is 13.9. The molecule has 0 aromatic carbocycles. The summed E-state index contributed by atoms with van der Waals surface area (Å²) in [5.41, 5.74) is 5.34. The van der Waals surface area contributed by atoms with Crippen LogP contribution in [-0.2, 0) is 4.74 Å². The van der Waals surface area contributed by atoms with Gasteiger partial charge in [-0.3, -0.25) is 4.79 Å². The van der Waals surface area contributed by atoms with E-state index >= 15 is 0 Å². The minimum absolute atomic E-state index is 0.0167. The Hall–Kier alpha value is -1.35. The van der Waals surface area contributed by atoms with E-state index in [1.165, 1.54) is 24.2 Å². The van der Waals surface area contributed by atoms with E-state index < -0.39 is 0 Å². The number of nitrogens with two attached hydrogens (primary N) is 1. The first-order chi connectivity index (χ1) is 9.78. The lowest BCUT2D eigenvalue weighted by Gasteiger charge is -2.18. The Morgan fingerprint density at radius 2 is 2.30 bits per heavy atom. The number of rotatable bonds is 3. The molecule has 3 N–H and O–H groups in total. The predicted molar refractivity (Wildman–Crippen MR) is 78.6 cm³/mol. The highest BCUT2D eigenvalue weighted by atomic mass is 32.1. The standard InChI is InChI=1S/C15H18N2O2S/c16-8-1-2-11-5-6-13(20-11)15(18)17-12-7-9-19-14(12)10-3-4-10/h5-6,10,12,14H,3-4,7-9,16H2,(H,17,18). The van der Waals surface area contributed by atoms with Gasteiger partial charge in [-0.1, -0.05) is 11.8 Å². The fraction of sp³-hybridized carbons (Fsp3) is 0.533. The molecule has 106 valence electrons. The van der Waals surface area contributed by atoms with E-state index in [0.717, 1.165) is 17.9 Å². The molecule has 2 heterocycles. The maximum absolute atomic E-state index is 12.2. The highest BCUT2D eigenvalue weighted by Crippen LogP contribution is 2.38. The maximum Gasteiger partial charge on any atom is 0.261 e. The summed E-state index contributed by atoms with van der Waals surface area (Å²) < 4.78 is 5.74. The third-order valence-corrected chi connectivity index (χ3v) is 4.68. The van der Waals surface area contributed by atoms with Gasteiger partial charge in [0.25, 0.3) is 5.91 Å². The van der Waals surface area contributed by atoms with E-state index in [-0.39, 0.29) is 18.1 Å². The zero-order valence-electron chi connectivity index (χ0n) is 11.2. The van der Waals surface area contributed by atoms with Gasteiger partial charge in [0, 0.05) is 6.61 Å². The molecule has 1 aliphatic carbocycles. The quantitative estimate of drug-likeness (QED) is 0.826. The van der Waals surface area contributed by atoms with E-state index in [1.807, 2.05) is 12.1 Å². The molecule has 4 nitrogen and oxygen atoms in total. The zero-order valence-corrected chi connectivity index (χ0v) is 12.0. The van der Waals surface area contributed by atoms with Crippen LogP contribution in [-0.4, -0.2) is 31.2 Å². The van der Waals surface area contributed by atoms with Gasteiger partial charge in [-0.15, -0.1) is 11.3 Å². The van der Waals surface area contributed by atoms with E-state index in [1.54, 1.807) is 0 Å². The third-order valence-electron chi connectivity index (χ3n) is 3.68. The lowest BCUT2D eigenvalue weighted by atomic mass is 10.1. The Morgan fingerprint density at radius 1 is 1.45 bits per heavy atom. The monoisotopic (exact) mass is 290 g/mol. The smallest absolute Gasteiger partial charge is 0.261 e. The van der Waals surface area contributed by atoms with Gasteiger partial charge in [0.05, 0.1) is 28.4 Å². The third kappa shape index (κ3) is 3.04. The highest BCUT2D eigenvalue weighted by Gasteiger charge is 2.41. The number of amides is 1. The van der Waals surface area contributed by atoms with Gasteiger partial charge >= 0.3 is 0 Å². The van der Waals surface area contributed by atoms with E-state index in [4.69, 9.17) is 10.5 Å². The molecule has 2 atom stereocenters. The van der Waals surface area contributed by atoms with Gasteiger partial charge in [-0.05, 0) is 37.3 Å². The van der Waals surface area contributed by atoms with Crippen LogP contribution in [0.3, 0.4) is 0 Å². The molecule has 2 aliphatic rings. The highest BCUT2D eigenvalue weighted by molar-refractivity contribution is 7.14. The number of carbonyl (C=O) groups is 1. The van der Waals surface area contributed by atoms with Crippen molar-refractivity contribution in [2.75, 3.05) is 13.2 Å². The SMILES string of the molecule is NCC#Cc1ccc(C(=O)NC2CCOC2C2CC2)s1. The minimum atomic E-state index is -0.0167. The molecule has 2 unspecified atom stereocenters. The number of hydrogen-bond donors (Lipinski definition) is 2. The van der Waals surface area contributed by atoms with Gasteiger partial charge in [0.15, 0.2) is 0 Å². The molecule has 0 radical (unpaired) electrons. The maximum atomic E-state index is 12.2. The van der Waals surface area contributed by atoms with Crippen LogP contribution >= 0.6 is 11.3 Å². The molecular weight excluding hydrogens is 272 g/mol. The lowest BCUT2D eigenvalue weighted by Crippen LogP contribution is -2.41. The first kappa shape index (κ1) is 13.6. The Kier molecular flexibility index (Phi) is 4.06. The van der Waals surface area contributed by atoms with Crippen LogP contribution in [0.25, 0.3) is 0 Å². The van der Waals surface area contributed by atoms with Crippen LogP contribution < -0.4 is 11.1 Å². The summed E-state index contributed by atoms with van der Waals surface area (Å²) in [5, 5.41) is 3.11. The van der Waals surface area contributed by atoms with E-state index in [9.17, 15) is 4.79 Å². The summed E-state index contributed by atoms with van der Waals surface area (Å²) in [6.45, 7) is 1.09. The molecule has 20 heavy (non-hydrogen) atoms. The van der Waals surface area contributed by atoms with Gasteiger partial charge < -0.3 is 15.8 Å². The second-order valence-electron chi connectivity index (χ2n) is 5.21. The fourth-order valence-electron chi connectivity index (χ4n) is 2.56. The predicted octanol–water partition coefficient (Wildman–Crippen LogP) is 1.36. The Labute approximate surface area is 122 Å². The first-order valence-electron chi connectivity index (χ1n) is 6.99. The van der Waals surface area contributed by atoms with E-state index in [2.05, 4.69) is 17.2 Å². The summed E-state index contributed by atoms with van der Waals surface area (Å²) in [4.78, 5) is 13.8. The molecule has 1 aliphatic heterocycles. The number of hydrogen-bond acceptors (Lipinski definition) is 4. The average Bonchev–Trinajstić information content (AvgIpc) is 3.00. The summed E-state index contributed by atoms with van der Waals surface area (Å²) in [5.74, 6) is 6.38. The molecular formula is C15H18N2O2S. The largest absolute Gasteiger partial charge is 0.376 e. The molecule has 1 aromatic heterocycles. The molecule has 3 rings (SSSR count). The molecule has 1 saturated carbocycles. The topological polar surface area (TPSA) is 64.4 Å². The molecule has 1 saturated heterocycles.